The van der Waals surface area contributed by atoms with E-state index in [0.29, 0.717) is 36.4 Å². The average Bonchev–Trinajstić information content (AvgIpc) is 2.40. The van der Waals surface area contributed by atoms with Gasteiger partial charge in [-0.2, -0.15) is 4.31 Å². The van der Waals surface area contributed by atoms with E-state index in [1.807, 2.05) is 26.1 Å². The zero-order chi connectivity index (χ0) is 15.6. The molecular formula is C16H26N2O2S. The maximum Gasteiger partial charge on any atom is 0.243 e. The highest BCUT2D eigenvalue weighted by Gasteiger charge is 2.32. The molecule has 1 aliphatic heterocycles. The molecule has 118 valence electrons. The Morgan fingerprint density at radius 1 is 1.24 bits per heavy atom. The highest BCUT2D eigenvalue weighted by molar-refractivity contribution is 7.89. The van der Waals surface area contributed by atoms with Gasteiger partial charge in [-0.15, -0.1) is 0 Å². The molecule has 1 N–H and O–H groups in total. The number of piperidine rings is 1. The number of sulfonamides is 1. The Balaban J connectivity index is 2.37. The summed E-state index contributed by atoms with van der Waals surface area (Å²) in [5.41, 5.74) is 1.90. The van der Waals surface area contributed by atoms with Crippen LogP contribution in [0, 0.1) is 18.8 Å². The minimum atomic E-state index is -3.39. The van der Waals surface area contributed by atoms with E-state index in [-0.39, 0.29) is 0 Å². The fourth-order valence-electron chi connectivity index (χ4n) is 3.26. The van der Waals surface area contributed by atoms with Crippen molar-refractivity contribution in [3.05, 3.63) is 29.3 Å². The molecule has 4 nitrogen and oxygen atoms in total. The third-order valence-electron chi connectivity index (χ3n) is 4.22. The number of nitrogens with one attached hydrogen (secondary N) is 1. The molecule has 0 saturated carbocycles. The molecule has 21 heavy (non-hydrogen) atoms. The molecule has 1 heterocycles. The molecule has 2 atom stereocenters. The highest BCUT2D eigenvalue weighted by Crippen LogP contribution is 2.28. The maximum absolute atomic E-state index is 13.0. The van der Waals surface area contributed by atoms with Gasteiger partial charge in [0, 0.05) is 19.6 Å². The van der Waals surface area contributed by atoms with Gasteiger partial charge >= 0.3 is 0 Å². The molecule has 0 aliphatic carbocycles. The van der Waals surface area contributed by atoms with Crippen LogP contribution in [-0.2, 0) is 16.6 Å². The van der Waals surface area contributed by atoms with Gasteiger partial charge in [0.05, 0.1) is 4.90 Å². The van der Waals surface area contributed by atoms with Crippen molar-refractivity contribution in [1.29, 1.82) is 0 Å². The molecule has 1 aromatic rings. The lowest BCUT2D eigenvalue weighted by atomic mass is 9.94. The van der Waals surface area contributed by atoms with E-state index >= 15 is 0 Å². The normalized spacial score (nSPS) is 24.2. The molecule has 0 bridgehead atoms. The van der Waals surface area contributed by atoms with E-state index in [1.165, 1.54) is 0 Å². The van der Waals surface area contributed by atoms with Crippen LogP contribution in [0.25, 0.3) is 0 Å². The van der Waals surface area contributed by atoms with E-state index in [4.69, 9.17) is 0 Å². The van der Waals surface area contributed by atoms with Gasteiger partial charge in [-0.3, -0.25) is 0 Å². The summed E-state index contributed by atoms with van der Waals surface area (Å²) in [7, 11) is -1.52. The molecule has 2 rings (SSSR count). The monoisotopic (exact) mass is 310 g/mol. The van der Waals surface area contributed by atoms with E-state index < -0.39 is 10.0 Å². The van der Waals surface area contributed by atoms with Crippen LogP contribution in [0.3, 0.4) is 0 Å². The highest BCUT2D eigenvalue weighted by atomic mass is 32.2. The zero-order valence-corrected chi connectivity index (χ0v) is 14.2. The van der Waals surface area contributed by atoms with E-state index in [9.17, 15) is 8.42 Å². The summed E-state index contributed by atoms with van der Waals surface area (Å²) in [4.78, 5) is 0.455. The summed E-state index contributed by atoms with van der Waals surface area (Å²) in [5, 5.41) is 3.09. The van der Waals surface area contributed by atoms with Crippen LogP contribution < -0.4 is 5.32 Å². The van der Waals surface area contributed by atoms with Crippen LogP contribution >= 0.6 is 0 Å². The summed E-state index contributed by atoms with van der Waals surface area (Å²) in [6, 6.07) is 5.55. The Bertz CT molecular complexity index is 588. The number of hydrogen-bond donors (Lipinski definition) is 1. The second-order valence-electron chi connectivity index (χ2n) is 6.34. The molecular weight excluding hydrogens is 284 g/mol. The topological polar surface area (TPSA) is 49.4 Å². The third-order valence-corrected chi connectivity index (χ3v) is 6.19. The van der Waals surface area contributed by atoms with Crippen LogP contribution in [0.2, 0.25) is 0 Å². The van der Waals surface area contributed by atoms with Crippen molar-refractivity contribution in [3.63, 3.8) is 0 Å². The van der Waals surface area contributed by atoms with Crippen molar-refractivity contribution in [2.24, 2.45) is 11.8 Å². The average molecular weight is 310 g/mol. The smallest absolute Gasteiger partial charge is 0.243 e. The largest absolute Gasteiger partial charge is 0.316 e. The molecule has 0 amide bonds. The maximum atomic E-state index is 13.0. The quantitative estimate of drug-likeness (QED) is 0.929. The molecule has 1 fully saturated rings. The predicted molar refractivity (Wildman–Crippen MR) is 85.6 cm³/mol. The molecule has 2 unspecified atom stereocenters. The van der Waals surface area contributed by atoms with E-state index in [2.05, 4.69) is 19.2 Å². The van der Waals surface area contributed by atoms with Crippen LogP contribution in [0.4, 0.5) is 0 Å². The molecule has 0 radical (unpaired) electrons. The molecule has 1 saturated heterocycles. The van der Waals surface area contributed by atoms with E-state index in [1.54, 1.807) is 10.4 Å². The van der Waals surface area contributed by atoms with Crippen molar-refractivity contribution in [3.8, 4) is 0 Å². The first-order valence-electron chi connectivity index (χ1n) is 7.59. The first-order valence-corrected chi connectivity index (χ1v) is 9.03. The van der Waals surface area contributed by atoms with Gasteiger partial charge in [0.2, 0.25) is 10.0 Å². The van der Waals surface area contributed by atoms with Crippen LogP contribution in [0.5, 0.6) is 0 Å². The second kappa shape index (κ2) is 6.46. The van der Waals surface area contributed by atoms with Gasteiger partial charge in [0.25, 0.3) is 0 Å². The van der Waals surface area contributed by atoms with Gasteiger partial charge in [-0.05, 0) is 49.4 Å². The first-order chi connectivity index (χ1) is 9.86. The molecule has 0 aromatic heterocycles. The molecule has 5 heteroatoms. The Labute approximate surface area is 128 Å². The van der Waals surface area contributed by atoms with Gasteiger partial charge in [0.1, 0.15) is 0 Å². The number of rotatable bonds is 4. The van der Waals surface area contributed by atoms with Gasteiger partial charge in [-0.25, -0.2) is 8.42 Å². The summed E-state index contributed by atoms with van der Waals surface area (Å²) in [6.07, 6.45) is 1.10. The Hall–Kier alpha value is -0.910. The standard InChI is InChI=1S/C16H26N2O2S/c1-12-8-13(2)11-18(10-12)21(19,20)16-7-5-6-15(9-17-4)14(16)3/h5-7,12-13,17H,8-11H2,1-4H3. The molecule has 1 aromatic carbocycles. The summed E-state index contributed by atoms with van der Waals surface area (Å²) in [6.45, 7) is 8.09. The molecule has 1 aliphatic rings. The van der Waals surface area contributed by atoms with Crippen molar-refractivity contribution >= 4 is 10.0 Å². The minimum absolute atomic E-state index is 0.421. The van der Waals surface area contributed by atoms with Gasteiger partial charge in [0.15, 0.2) is 0 Å². The molecule has 0 spiro atoms. The van der Waals surface area contributed by atoms with E-state index in [0.717, 1.165) is 17.5 Å². The van der Waals surface area contributed by atoms with Crippen LogP contribution in [0.15, 0.2) is 23.1 Å². The Kier molecular flexibility index (Phi) is 5.07. The van der Waals surface area contributed by atoms with Crippen LogP contribution in [-0.4, -0.2) is 32.9 Å². The lowest BCUT2D eigenvalue weighted by Crippen LogP contribution is -2.42. The van der Waals surface area contributed by atoms with Gasteiger partial charge < -0.3 is 5.32 Å². The Morgan fingerprint density at radius 2 is 1.86 bits per heavy atom. The fraction of sp³-hybridized carbons (Fsp3) is 0.625. The predicted octanol–water partition coefficient (Wildman–Crippen LogP) is 2.38. The fourth-order valence-corrected chi connectivity index (χ4v) is 5.21. The van der Waals surface area contributed by atoms with Crippen molar-refractivity contribution in [2.45, 2.75) is 38.6 Å². The number of hydrogen-bond acceptors (Lipinski definition) is 3. The second-order valence-corrected chi connectivity index (χ2v) is 8.25. The van der Waals surface area contributed by atoms with Crippen molar-refractivity contribution < 1.29 is 8.42 Å². The summed E-state index contributed by atoms with van der Waals surface area (Å²) < 4.78 is 27.6. The lowest BCUT2D eigenvalue weighted by molar-refractivity contribution is 0.222. The Morgan fingerprint density at radius 3 is 2.43 bits per heavy atom. The van der Waals surface area contributed by atoms with Gasteiger partial charge in [-0.1, -0.05) is 26.0 Å². The van der Waals surface area contributed by atoms with Crippen molar-refractivity contribution in [2.75, 3.05) is 20.1 Å². The minimum Gasteiger partial charge on any atom is -0.316 e. The zero-order valence-electron chi connectivity index (χ0n) is 13.4. The number of benzene rings is 1. The summed E-state index contributed by atoms with van der Waals surface area (Å²) in [5.74, 6) is 0.841. The van der Waals surface area contributed by atoms with Crippen LogP contribution in [0.1, 0.15) is 31.4 Å². The number of nitrogens with zero attached hydrogens (tertiary/aromatic N) is 1. The lowest BCUT2D eigenvalue weighted by Gasteiger charge is -2.34. The SMILES string of the molecule is CNCc1cccc(S(=O)(=O)N2CC(C)CC(C)C2)c1C. The summed E-state index contributed by atoms with van der Waals surface area (Å²) >= 11 is 0. The van der Waals surface area contributed by atoms with Crippen molar-refractivity contribution in [1.82, 2.24) is 9.62 Å². The first kappa shape index (κ1) is 16.5. The third kappa shape index (κ3) is 3.47.